The highest BCUT2D eigenvalue weighted by Crippen LogP contribution is 2.48. The average molecular weight is 881 g/mol. The average Bonchev–Trinajstić information content (AvgIpc) is 3.63. The molecule has 0 unspecified atom stereocenters. The number of hydrogen-bond acceptors (Lipinski definition) is 3. The molecule has 1 aromatic heterocycles. The molecule has 0 amide bonds. The lowest BCUT2D eigenvalue weighted by molar-refractivity contribution is 0.559. The zero-order valence-electron chi connectivity index (χ0n) is 43.0. The summed E-state index contributed by atoms with van der Waals surface area (Å²) in [4.78, 5) is 5.11. The molecule has 0 spiro atoms. The molecule has 3 nitrogen and oxygen atoms in total. The SMILES string of the molecule is Cc1cc2c3c(c1)N(c1ccc(C(C)(C)C)cc1)c1cc(C(C)(C)C)ccc1B3c1ccc(C(C)(C)C)cc1N2c1ccc(-c2cccc3c2oc2c(C(C)(C)C)cc(C(C)(C)C)cc23)cc1. The Balaban J connectivity index is 1.18. The van der Waals surface area contributed by atoms with E-state index in [4.69, 9.17) is 4.42 Å². The van der Waals surface area contributed by atoms with Gasteiger partial charge in [0.2, 0.25) is 0 Å². The van der Waals surface area contributed by atoms with Crippen LogP contribution in [0, 0.1) is 6.92 Å². The first-order chi connectivity index (χ1) is 31.3. The highest BCUT2D eigenvalue weighted by Gasteiger charge is 2.44. The van der Waals surface area contributed by atoms with E-state index in [-0.39, 0.29) is 33.8 Å². The maximum Gasteiger partial charge on any atom is 0.252 e. The Hall–Kier alpha value is -6.00. The van der Waals surface area contributed by atoms with Crippen LogP contribution in [0.3, 0.4) is 0 Å². The van der Waals surface area contributed by atoms with Gasteiger partial charge in [0.05, 0.1) is 0 Å². The van der Waals surface area contributed by atoms with Crippen LogP contribution in [0.2, 0.25) is 0 Å². The molecular weight excluding hydrogens is 812 g/mol. The van der Waals surface area contributed by atoms with Crippen LogP contribution in [0.4, 0.5) is 34.1 Å². The monoisotopic (exact) mass is 881 g/mol. The van der Waals surface area contributed by atoms with E-state index in [1.165, 1.54) is 83.6 Å². The van der Waals surface area contributed by atoms with Crippen LogP contribution >= 0.6 is 0 Å². The molecule has 0 saturated carbocycles. The van der Waals surface area contributed by atoms with Crippen LogP contribution in [0.1, 0.15) is 137 Å². The molecule has 0 atom stereocenters. The van der Waals surface area contributed by atoms with Gasteiger partial charge in [-0.2, -0.15) is 0 Å². The minimum atomic E-state index is -0.0772. The van der Waals surface area contributed by atoms with Gasteiger partial charge in [-0.15, -0.1) is 0 Å². The van der Waals surface area contributed by atoms with Crippen molar-refractivity contribution in [2.45, 2.75) is 138 Å². The minimum Gasteiger partial charge on any atom is -0.455 e. The van der Waals surface area contributed by atoms with E-state index in [9.17, 15) is 0 Å². The van der Waals surface area contributed by atoms with Gasteiger partial charge in [-0.3, -0.25) is 0 Å². The van der Waals surface area contributed by atoms with Crippen molar-refractivity contribution in [1.82, 2.24) is 0 Å². The lowest BCUT2D eigenvalue weighted by Gasteiger charge is -2.45. The molecule has 4 heteroatoms. The molecule has 0 bridgehead atoms. The van der Waals surface area contributed by atoms with Crippen molar-refractivity contribution >= 4 is 79.2 Å². The summed E-state index contributed by atoms with van der Waals surface area (Å²) in [6, 6.07) is 49.4. The first-order valence-electron chi connectivity index (χ1n) is 24.5. The summed E-state index contributed by atoms with van der Waals surface area (Å²) in [6.07, 6.45) is 0. The Bertz CT molecular complexity index is 3260. The summed E-state index contributed by atoms with van der Waals surface area (Å²) in [7, 11) is 0. The van der Waals surface area contributed by atoms with Gasteiger partial charge in [0.15, 0.2) is 0 Å². The second-order valence-corrected chi connectivity index (χ2v) is 24.9. The third-order valence-electron chi connectivity index (χ3n) is 14.6. The van der Waals surface area contributed by atoms with Crippen LogP contribution in [0.15, 0.2) is 132 Å². The van der Waals surface area contributed by atoms with Crippen molar-refractivity contribution < 1.29 is 4.42 Å². The van der Waals surface area contributed by atoms with E-state index < -0.39 is 0 Å². The highest BCUT2D eigenvalue weighted by atomic mass is 16.3. The van der Waals surface area contributed by atoms with Crippen molar-refractivity contribution in [2.75, 3.05) is 9.80 Å². The fourth-order valence-electron chi connectivity index (χ4n) is 10.6. The molecule has 2 aliphatic heterocycles. The number of nitrogens with zero attached hydrogens (tertiary/aromatic N) is 2. The summed E-state index contributed by atoms with van der Waals surface area (Å²) in [5.41, 5.74) is 23.3. The predicted octanol–water partition coefficient (Wildman–Crippen LogP) is 16.1. The topological polar surface area (TPSA) is 19.6 Å². The number of para-hydroxylation sites is 1. The van der Waals surface area contributed by atoms with Crippen LogP contribution in [-0.4, -0.2) is 6.71 Å². The molecule has 0 fully saturated rings. The maximum absolute atomic E-state index is 7.01. The predicted molar refractivity (Wildman–Crippen MR) is 291 cm³/mol. The van der Waals surface area contributed by atoms with Crippen LogP contribution in [0.25, 0.3) is 33.1 Å². The second kappa shape index (κ2) is 15.0. The van der Waals surface area contributed by atoms with Crippen LogP contribution < -0.4 is 26.2 Å². The fourth-order valence-corrected chi connectivity index (χ4v) is 10.6. The number of anilines is 6. The molecule has 7 aromatic carbocycles. The van der Waals surface area contributed by atoms with Gasteiger partial charge in [-0.05, 0) is 138 Å². The maximum atomic E-state index is 7.01. The first-order valence-corrected chi connectivity index (χ1v) is 24.5. The molecule has 67 heavy (non-hydrogen) atoms. The van der Waals surface area contributed by atoms with Crippen LogP contribution in [0.5, 0.6) is 0 Å². The molecule has 0 radical (unpaired) electrons. The van der Waals surface area contributed by atoms with Gasteiger partial charge in [0, 0.05) is 56.0 Å². The van der Waals surface area contributed by atoms with E-state index >= 15 is 0 Å². The Morgan fingerprint density at radius 3 is 1.36 bits per heavy atom. The van der Waals surface area contributed by atoms with Gasteiger partial charge >= 0.3 is 0 Å². The Labute approximate surface area is 401 Å². The molecule has 0 N–H and O–H groups in total. The van der Waals surface area contributed by atoms with Crippen molar-refractivity contribution in [3.8, 4) is 11.1 Å². The molecule has 3 heterocycles. The zero-order valence-corrected chi connectivity index (χ0v) is 43.0. The summed E-state index contributed by atoms with van der Waals surface area (Å²) in [6.45, 7) is 36.9. The number of hydrogen-bond donors (Lipinski definition) is 0. The molecule has 0 saturated heterocycles. The van der Waals surface area contributed by atoms with Gasteiger partial charge in [-0.25, -0.2) is 0 Å². The third kappa shape index (κ3) is 7.51. The number of rotatable bonds is 3. The molecule has 10 rings (SSSR count). The van der Waals surface area contributed by atoms with E-state index in [1.54, 1.807) is 0 Å². The second-order valence-electron chi connectivity index (χ2n) is 24.9. The molecular formula is C63H69BN2O. The Morgan fingerprint density at radius 2 is 0.881 bits per heavy atom. The fraction of sp³-hybridized carbons (Fsp3) is 0.333. The Kier molecular flexibility index (Phi) is 10.0. The van der Waals surface area contributed by atoms with E-state index in [0.717, 1.165) is 33.4 Å². The quantitative estimate of drug-likeness (QED) is 0.165. The lowest BCUT2D eigenvalue weighted by Crippen LogP contribution is -2.61. The lowest BCUT2D eigenvalue weighted by atomic mass is 9.33. The van der Waals surface area contributed by atoms with Crippen molar-refractivity contribution in [3.63, 3.8) is 0 Å². The summed E-state index contributed by atoms with van der Waals surface area (Å²) < 4.78 is 7.01. The number of furan rings is 1. The van der Waals surface area contributed by atoms with Crippen molar-refractivity contribution in [1.29, 1.82) is 0 Å². The van der Waals surface area contributed by atoms with E-state index in [0.29, 0.717) is 0 Å². The summed E-state index contributed by atoms with van der Waals surface area (Å²) in [5.74, 6) is 0. The molecule has 2 aliphatic rings. The van der Waals surface area contributed by atoms with Crippen molar-refractivity contribution in [3.05, 3.63) is 161 Å². The number of fused-ring (bicyclic) bond motifs is 7. The largest absolute Gasteiger partial charge is 0.455 e. The van der Waals surface area contributed by atoms with E-state index in [1.807, 2.05) is 0 Å². The standard InChI is InChI=1S/C63H69BN2O/c1-38-32-54-56-55(33-38)66(45-28-22-40(23-29-45)59(2,3)4)53-37-42(61(8,9)10)25-31-51(53)64(56)50-30-24-41(60(5,6)7)36-52(50)65(54)44-26-20-39(21-27-44)46-18-17-19-47-48-34-43(62(11,12)13)35-49(63(14,15)16)58(48)67-57(46)47/h17-37H,1-16H3. The highest BCUT2D eigenvalue weighted by molar-refractivity contribution is 7.00. The normalized spacial score (nSPS) is 14.2. The number of benzene rings is 7. The molecule has 0 aliphatic carbocycles. The Morgan fingerprint density at radius 1 is 0.403 bits per heavy atom. The van der Waals surface area contributed by atoms with Gasteiger partial charge < -0.3 is 14.2 Å². The zero-order chi connectivity index (χ0) is 47.9. The summed E-state index contributed by atoms with van der Waals surface area (Å²) >= 11 is 0. The summed E-state index contributed by atoms with van der Waals surface area (Å²) in [5, 5.41) is 2.36. The van der Waals surface area contributed by atoms with Gasteiger partial charge in [0.25, 0.3) is 6.71 Å². The minimum absolute atomic E-state index is 0.00896. The molecule has 340 valence electrons. The van der Waals surface area contributed by atoms with Crippen LogP contribution in [-0.2, 0) is 27.1 Å². The third-order valence-corrected chi connectivity index (χ3v) is 14.6. The van der Waals surface area contributed by atoms with Gasteiger partial charge in [0.1, 0.15) is 11.2 Å². The van der Waals surface area contributed by atoms with Crippen molar-refractivity contribution in [2.24, 2.45) is 0 Å². The first kappa shape index (κ1) is 44.8. The van der Waals surface area contributed by atoms with Gasteiger partial charge in [-0.1, -0.05) is 177 Å². The smallest absolute Gasteiger partial charge is 0.252 e. The van der Waals surface area contributed by atoms with E-state index in [2.05, 4.69) is 248 Å². The number of aryl methyl sites for hydroxylation is 1. The molecule has 8 aromatic rings.